The van der Waals surface area contributed by atoms with Crippen LogP contribution < -0.4 is 10.1 Å². The molecule has 0 bridgehead atoms. The summed E-state index contributed by atoms with van der Waals surface area (Å²) in [5, 5.41) is 12.7. The largest absolute Gasteiger partial charge is 0.504 e. The molecule has 3 aromatic rings. The van der Waals surface area contributed by atoms with Crippen molar-refractivity contribution >= 4 is 39.4 Å². The molecule has 6 nitrogen and oxygen atoms in total. The van der Waals surface area contributed by atoms with Crippen molar-refractivity contribution in [3.05, 3.63) is 64.5 Å². The number of imidazole rings is 1. The Morgan fingerprint density at radius 1 is 1.30 bits per heavy atom. The van der Waals surface area contributed by atoms with Crippen LogP contribution in [0.3, 0.4) is 0 Å². The fourth-order valence-corrected chi connectivity index (χ4v) is 4.41. The highest BCUT2D eigenvalue weighted by molar-refractivity contribution is 9.10. The summed E-state index contributed by atoms with van der Waals surface area (Å²) in [6.07, 6.45) is 1.71. The van der Waals surface area contributed by atoms with Gasteiger partial charge in [0.2, 0.25) is 5.91 Å². The molecular weight excluding hydrogens is 430 g/mol. The van der Waals surface area contributed by atoms with Gasteiger partial charge in [-0.05, 0) is 42.0 Å². The van der Waals surface area contributed by atoms with E-state index in [0.717, 1.165) is 21.4 Å². The van der Waals surface area contributed by atoms with Crippen LogP contribution in [0, 0.1) is 0 Å². The predicted molar refractivity (Wildman–Crippen MR) is 109 cm³/mol. The first-order valence-corrected chi connectivity index (χ1v) is 10.0. The minimum absolute atomic E-state index is 0.0794. The molecule has 1 aromatic heterocycles. The van der Waals surface area contributed by atoms with E-state index in [1.165, 1.54) is 18.9 Å². The quantitative estimate of drug-likeness (QED) is 0.633. The summed E-state index contributed by atoms with van der Waals surface area (Å²) >= 11 is 4.96. The van der Waals surface area contributed by atoms with E-state index in [1.807, 2.05) is 34.9 Å². The Kier molecular flexibility index (Phi) is 4.84. The molecule has 1 aliphatic heterocycles. The number of aromatic nitrogens is 2. The Labute approximate surface area is 168 Å². The van der Waals surface area contributed by atoms with Crippen molar-refractivity contribution in [2.75, 3.05) is 18.2 Å². The molecule has 0 saturated carbocycles. The summed E-state index contributed by atoms with van der Waals surface area (Å²) in [5.74, 6) is 1.24. The van der Waals surface area contributed by atoms with Crippen LogP contribution in [-0.2, 0) is 4.79 Å². The van der Waals surface area contributed by atoms with Crippen molar-refractivity contribution in [3.63, 3.8) is 0 Å². The fraction of sp³-hybridized carbons (Fsp3) is 0.158. The van der Waals surface area contributed by atoms with E-state index >= 15 is 0 Å². The number of nitrogens with zero attached hydrogens (tertiary/aromatic N) is 2. The van der Waals surface area contributed by atoms with Crippen molar-refractivity contribution in [1.82, 2.24) is 9.55 Å². The van der Waals surface area contributed by atoms with Gasteiger partial charge in [-0.2, -0.15) is 0 Å². The summed E-state index contributed by atoms with van der Waals surface area (Å²) in [6, 6.07) is 13.1. The molecule has 1 aliphatic rings. The molecule has 2 aromatic carbocycles. The van der Waals surface area contributed by atoms with Gasteiger partial charge in [-0.3, -0.25) is 9.36 Å². The van der Waals surface area contributed by atoms with Crippen LogP contribution in [-0.4, -0.2) is 33.4 Å². The molecular formula is C19H16BrN3O3S. The number of nitrogens with one attached hydrogen (secondary N) is 1. The number of rotatable bonds is 3. The molecule has 0 aliphatic carbocycles. The summed E-state index contributed by atoms with van der Waals surface area (Å²) in [7, 11) is 1.52. The second kappa shape index (κ2) is 7.28. The second-order valence-electron chi connectivity index (χ2n) is 6.00. The first kappa shape index (κ1) is 17.9. The molecule has 1 atom stereocenters. The third-order valence-corrected chi connectivity index (χ3v) is 6.09. The standard InChI is InChI=1S/C19H16BrN3O3S/c1-26-15-8-11(2-7-14(15)24)18-17-19(22-16(25)9-27-18)21-10-23(17)13-5-3-12(20)4-6-13/h2-8,10,18,24H,9H2,1H3,(H,22,25)/t18-/m0/s1. The summed E-state index contributed by atoms with van der Waals surface area (Å²) in [4.78, 5) is 16.6. The van der Waals surface area contributed by atoms with Gasteiger partial charge in [0.15, 0.2) is 17.3 Å². The number of carbonyl (C=O) groups excluding carboxylic acids is 1. The average molecular weight is 446 g/mol. The first-order chi connectivity index (χ1) is 13.1. The first-order valence-electron chi connectivity index (χ1n) is 8.18. The van der Waals surface area contributed by atoms with E-state index in [0.29, 0.717) is 17.3 Å². The molecule has 0 saturated heterocycles. The maximum absolute atomic E-state index is 12.1. The van der Waals surface area contributed by atoms with Gasteiger partial charge in [-0.15, -0.1) is 11.8 Å². The van der Waals surface area contributed by atoms with Gasteiger partial charge in [0.05, 0.1) is 23.8 Å². The number of phenolic OH excluding ortho intramolecular Hbond substituents is 1. The summed E-state index contributed by atoms with van der Waals surface area (Å²) < 4.78 is 8.22. The van der Waals surface area contributed by atoms with Crippen LogP contribution in [0.4, 0.5) is 5.82 Å². The third kappa shape index (κ3) is 3.42. The molecule has 4 rings (SSSR count). The molecule has 138 valence electrons. The number of fused-ring (bicyclic) bond motifs is 1. The Bertz CT molecular complexity index is 1000. The normalized spacial score (nSPS) is 16.4. The van der Waals surface area contributed by atoms with Crippen LogP contribution in [0.15, 0.2) is 53.3 Å². The third-order valence-electron chi connectivity index (χ3n) is 4.30. The van der Waals surface area contributed by atoms with Crippen molar-refractivity contribution in [2.24, 2.45) is 0 Å². The van der Waals surface area contributed by atoms with Gasteiger partial charge in [0.25, 0.3) is 0 Å². The minimum Gasteiger partial charge on any atom is -0.504 e. The van der Waals surface area contributed by atoms with Crippen molar-refractivity contribution < 1.29 is 14.6 Å². The molecule has 27 heavy (non-hydrogen) atoms. The molecule has 8 heteroatoms. The van der Waals surface area contributed by atoms with E-state index in [4.69, 9.17) is 4.74 Å². The number of phenols is 1. The zero-order chi connectivity index (χ0) is 19.0. The van der Waals surface area contributed by atoms with Crippen LogP contribution in [0.25, 0.3) is 5.69 Å². The van der Waals surface area contributed by atoms with Crippen molar-refractivity contribution in [1.29, 1.82) is 0 Å². The topological polar surface area (TPSA) is 76.4 Å². The van der Waals surface area contributed by atoms with E-state index in [2.05, 4.69) is 26.2 Å². The fourth-order valence-electron chi connectivity index (χ4n) is 3.03. The number of aromatic hydroxyl groups is 1. The Morgan fingerprint density at radius 2 is 2.07 bits per heavy atom. The maximum atomic E-state index is 12.1. The number of anilines is 1. The number of carbonyl (C=O) groups is 1. The lowest BCUT2D eigenvalue weighted by Gasteiger charge is -2.19. The molecule has 0 fully saturated rings. The van der Waals surface area contributed by atoms with E-state index in [9.17, 15) is 9.90 Å². The number of hydrogen-bond donors (Lipinski definition) is 2. The van der Waals surface area contributed by atoms with Gasteiger partial charge in [0, 0.05) is 10.2 Å². The smallest absolute Gasteiger partial charge is 0.235 e. The van der Waals surface area contributed by atoms with Crippen LogP contribution in [0.1, 0.15) is 16.5 Å². The van der Waals surface area contributed by atoms with Crippen molar-refractivity contribution in [3.8, 4) is 17.2 Å². The summed E-state index contributed by atoms with van der Waals surface area (Å²) in [5.41, 5.74) is 2.74. The van der Waals surface area contributed by atoms with Crippen LogP contribution >= 0.6 is 27.7 Å². The monoisotopic (exact) mass is 445 g/mol. The highest BCUT2D eigenvalue weighted by Crippen LogP contribution is 2.44. The lowest BCUT2D eigenvalue weighted by molar-refractivity contribution is -0.113. The Hall–Kier alpha value is -2.45. The highest BCUT2D eigenvalue weighted by Gasteiger charge is 2.29. The van der Waals surface area contributed by atoms with Gasteiger partial charge >= 0.3 is 0 Å². The Morgan fingerprint density at radius 3 is 2.81 bits per heavy atom. The molecule has 2 heterocycles. The molecule has 0 radical (unpaired) electrons. The van der Waals surface area contributed by atoms with Gasteiger partial charge < -0.3 is 15.2 Å². The number of benzene rings is 2. The van der Waals surface area contributed by atoms with Crippen molar-refractivity contribution in [2.45, 2.75) is 5.25 Å². The molecule has 0 spiro atoms. The number of amides is 1. The van der Waals surface area contributed by atoms with Gasteiger partial charge in [0.1, 0.15) is 6.33 Å². The van der Waals surface area contributed by atoms with Gasteiger partial charge in [-0.1, -0.05) is 22.0 Å². The molecule has 2 N–H and O–H groups in total. The Balaban J connectivity index is 1.87. The number of halogens is 1. The highest BCUT2D eigenvalue weighted by atomic mass is 79.9. The number of thioether (sulfide) groups is 1. The zero-order valence-electron chi connectivity index (χ0n) is 14.3. The summed E-state index contributed by atoms with van der Waals surface area (Å²) in [6.45, 7) is 0. The molecule has 1 amide bonds. The van der Waals surface area contributed by atoms with Gasteiger partial charge in [-0.25, -0.2) is 4.98 Å². The maximum Gasteiger partial charge on any atom is 0.235 e. The van der Waals surface area contributed by atoms with E-state index in [-0.39, 0.29) is 16.9 Å². The number of hydrogen-bond acceptors (Lipinski definition) is 5. The number of ether oxygens (including phenoxy) is 1. The van der Waals surface area contributed by atoms with E-state index < -0.39 is 0 Å². The number of methoxy groups -OCH3 is 1. The zero-order valence-corrected chi connectivity index (χ0v) is 16.8. The predicted octanol–water partition coefficient (Wildman–Crippen LogP) is 4.12. The van der Waals surface area contributed by atoms with E-state index in [1.54, 1.807) is 18.5 Å². The second-order valence-corrected chi connectivity index (χ2v) is 8.00. The lowest BCUT2D eigenvalue weighted by Crippen LogP contribution is -2.12. The average Bonchev–Trinajstić information content (AvgIpc) is 2.99. The SMILES string of the molecule is COc1cc([C@@H]2SCC(=O)Nc3ncn(-c4ccc(Br)cc4)c32)ccc1O. The van der Waals surface area contributed by atoms with Crippen LogP contribution in [0.2, 0.25) is 0 Å². The molecule has 0 unspecified atom stereocenters. The minimum atomic E-state index is -0.153. The van der Waals surface area contributed by atoms with Crippen LogP contribution in [0.5, 0.6) is 11.5 Å². The lowest BCUT2D eigenvalue weighted by atomic mass is 10.1.